The van der Waals surface area contributed by atoms with Crippen molar-refractivity contribution in [2.75, 3.05) is 26.1 Å². The van der Waals surface area contributed by atoms with Crippen LogP contribution in [-0.2, 0) is 11.3 Å². The van der Waals surface area contributed by atoms with Gasteiger partial charge in [-0.25, -0.2) is 4.79 Å². The van der Waals surface area contributed by atoms with Gasteiger partial charge in [0.05, 0.1) is 18.8 Å². The SMILES string of the molecule is COCc1nc([C@H]2CCCCCN2C(=O)Nc2ccccc2OC)no1. The molecule has 8 heteroatoms. The van der Waals surface area contributed by atoms with Crippen LogP contribution in [0.3, 0.4) is 0 Å². The maximum absolute atomic E-state index is 13.0. The van der Waals surface area contributed by atoms with Gasteiger partial charge in [0.15, 0.2) is 5.82 Å². The van der Waals surface area contributed by atoms with Crippen LogP contribution in [0.2, 0.25) is 0 Å². The quantitative estimate of drug-likeness (QED) is 0.879. The lowest BCUT2D eigenvalue weighted by Gasteiger charge is -2.28. The third kappa shape index (κ3) is 4.13. The van der Waals surface area contributed by atoms with Crippen molar-refractivity contribution < 1.29 is 18.8 Å². The Bertz CT molecular complexity index is 733. The monoisotopic (exact) mass is 360 g/mol. The number of carbonyl (C=O) groups is 1. The first-order chi connectivity index (χ1) is 12.7. The molecule has 8 nitrogen and oxygen atoms in total. The number of benzene rings is 1. The number of methoxy groups -OCH3 is 2. The minimum absolute atomic E-state index is 0.195. The predicted molar refractivity (Wildman–Crippen MR) is 94.9 cm³/mol. The average molecular weight is 360 g/mol. The van der Waals surface area contributed by atoms with Crippen LogP contribution in [0.15, 0.2) is 28.8 Å². The minimum atomic E-state index is -0.221. The van der Waals surface area contributed by atoms with E-state index >= 15 is 0 Å². The van der Waals surface area contributed by atoms with E-state index in [1.165, 1.54) is 0 Å². The Balaban J connectivity index is 1.80. The zero-order chi connectivity index (χ0) is 18.4. The number of amides is 2. The lowest BCUT2D eigenvalue weighted by atomic mass is 10.1. The topological polar surface area (TPSA) is 89.7 Å². The van der Waals surface area contributed by atoms with Gasteiger partial charge in [0.2, 0.25) is 0 Å². The first kappa shape index (κ1) is 18.2. The predicted octanol–water partition coefficient (Wildman–Crippen LogP) is 3.37. The molecule has 0 spiro atoms. The van der Waals surface area contributed by atoms with E-state index < -0.39 is 0 Å². The van der Waals surface area contributed by atoms with Gasteiger partial charge in [0, 0.05) is 13.7 Å². The first-order valence-corrected chi connectivity index (χ1v) is 8.75. The molecule has 2 heterocycles. The number of ether oxygens (including phenoxy) is 2. The zero-order valence-electron chi connectivity index (χ0n) is 15.1. The molecule has 1 atom stereocenters. The van der Waals surface area contributed by atoms with Crippen LogP contribution in [0.4, 0.5) is 10.5 Å². The molecular formula is C18H24N4O4. The molecule has 0 saturated carbocycles. The fourth-order valence-corrected chi connectivity index (χ4v) is 3.14. The summed E-state index contributed by atoms with van der Waals surface area (Å²) in [6, 6.07) is 6.93. The van der Waals surface area contributed by atoms with Crippen LogP contribution in [0.1, 0.15) is 43.4 Å². The van der Waals surface area contributed by atoms with Crippen molar-refractivity contribution in [3.05, 3.63) is 36.0 Å². The van der Waals surface area contributed by atoms with Crippen molar-refractivity contribution in [3.63, 3.8) is 0 Å². The van der Waals surface area contributed by atoms with Crippen molar-refractivity contribution in [3.8, 4) is 5.75 Å². The number of aromatic nitrogens is 2. The van der Waals surface area contributed by atoms with Crippen molar-refractivity contribution >= 4 is 11.7 Å². The summed E-state index contributed by atoms with van der Waals surface area (Å²) in [6.45, 7) is 0.896. The molecule has 0 unspecified atom stereocenters. The Morgan fingerprint density at radius 1 is 1.31 bits per heavy atom. The van der Waals surface area contributed by atoms with Gasteiger partial charge < -0.3 is 24.2 Å². The number of likely N-dealkylation sites (tertiary alicyclic amines) is 1. The van der Waals surface area contributed by atoms with Gasteiger partial charge in [0.1, 0.15) is 12.4 Å². The second-order valence-electron chi connectivity index (χ2n) is 6.17. The van der Waals surface area contributed by atoms with Crippen molar-refractivity contribution in [2.45, 2.75) is 38.3 Å². The second kappa shape index (κ2) is 8.66. The standard InChI is InChI=1S/C18H24N4O4/c1-24-12-16-20-17(21-26-16)14-9-4-3-7-11-22(14)18(23)19-13-8-5-6-10-15(13)25-2/h5-6,8,10,14H,3-4,7,9,11-12H2,1-2H3,(H,19,23)/t14-/m1/s1. The number of carbonyl (C=O) groups excluding carboxylic acids is 1. The van der Waals surface area contributed by atoms with E-state index in [1.807, 2.05) is 24.3 Å². The maximum atomic E-state index is 13.0. The number of nitrogens with zero attached hydrogens (tertiary/aromatic N) is 3. The molecule has 140 valence electrons. The molecule has 3 rings (SSSR count). The first-order valence-electron chi connectivity index (χ1n) is 8.75. The van der Waals surface area contributed by atoms with E-state index in [4.69, 9.17) is 14.0 Å². The summed E-state index contributed by atoms with van der Waals surface area (Å²) in [7, 11) is 3.15. The van der Waals surface area contributed by atoms with E-state index in [-0.39, 0.29) is 18.7 Å². The Morgan fingerprint density at radius 3 is 2.96 bits per heavy atom. The number of hydrogen-bond donors (Lipinski definition) is 1. The molecule has 0 radical (unpaired) electrons. The summed E-state index contributed by atoms with van der Waals surface area (Å²) < 4.78 is 15.6. The van der Waals surface area contributed by atoms with E-state index in [9.17, 15) is 4.79 Å². The smallest absolute Gasteiger partial charge is 0.322 e. The normalized spacial score (nSPS) is 17.6. The summed E-state index contributed by atoms with van der Waals surface area (Å²) in [5, 5.41) is 7.00. The summed E-state index contributed by atoms with van der Waals surface area (Å²) in [5.41, 5.74) is 0.635. The van der Waals surface area contributed by atoms with Crippen molar-refractivity contribution in [1.82, 2.24) is 15.0 Å². The van der Waals surface area contributed by atoms with Gasteiger partial charge in [0.25, 0.3) is 5.89 Å². The number of para-hydroxylation sites is 2. The van der Waals surface area contributed by atoms with Crippen LogP contribution < -0.4 is 10.1 Å². The van der Waals surface area contributed by atoms with Crippen LogP contribution in [0.5, 0.6) is 5.75 Å². The second-order valence-corrected chi connectivity index (χ2v) is 6.17. The summed E-state index contributed by atoms with van der Waals surface area (Å²) in [6.07, 6.45) is 3.82. The number of anilines is 1. The fraction of sp³-hybridized carbons (Fsp3) is 0.500. The van der Waals surface area contributed by atoms with Gasteiger partial charge in [-0.1, -0.05) is 30.1 Å². The highest BCUT2D eigenvalue weighted by atomic mass is 16.5. The third-order valence-corrected chi connectivity index (χ3v) is 4.41. The highest BCUT2D eigenvalue weighted by molar-refractivity contribution is 5.91. The molecule has 2 aromatic rings. The Kier molecular flexibility index (Phi) is 6.06. The van der Waals surface area contributed by atoms with Crippen LogP contribution in [-0.4, -0.2) is 41.8 Å². The van der Waals surface area contributed by atoms with Crippen LogP contribution in [0.25, 0.3) is 0 Å². The van der Waals surface area contributed by atoms with Crippen LogP contribution >= 0.6 is 0 Å². The number of rotatable bonds is 5. The van der Waals surface area contributed by atoms with E-state index in [0.29, 0.717) is 29.7 Å². The molecule has 1 aromatic carbocycles. The summed E-state index contributed by atoms with van der Waals surface area (Å²) in [4.78, 5) is 19.1. The Morgan fingerprint density at radius 2 is 2.15 bits per heavy atom. The lowest BCUT2D eigenvalue weighted by Crippen LogP contribution is -2.38. The molecule has 1 aromatic heterocycles. The maximum Gasteiger partial charge on any atom is 0.322 e. The van der Waals surface area contributed by atoms with E-state index in [2.05, 4.69) is 15.5 Å². The average Bonchev–Trinajstić information content (AvgIpc) is 2.97. The van der Waals surface area contributed by atoms with Gasteiger partial charge in [-0.3, -0.25) is 0 Å². The summed E-state index contributed by atoms with van der Waals surface area (Å²) in [5.74, 6) is 1.56. The molecule has 1 aliphatic heterocycles. The number of urea groups is 1. The highest BCUT2D eigenvalue weighted by Crippen LogP contribution is 2.30. The molecule has 1 aliphatic rings. The molecule has 1 saturated heterocycles. The van der Waals surface area contributed by atoms with Gasteiger partial charge in [-0.2, -0.15) is 4.98 Å². The molecular weight excluding hydrogens is 336 g/mol. The Labute approximate surface area is 152 Å². The van der Waals surface area contributed by atoms with Crippen molar-refractivity contribution in [2.24, 2.45) is 0 Å². The zero-order valence-corrected chi connectivity index (χ0v) is 15.1. The molecule has 0 aliphatic carbocycles. The fourth-order valence-electron chi connectivity index (χ4n) is 3.14. The number of hydrogen-bond acceptors (Lipinski definition) is 6. The molecule has 2 amide bonds. The Hall–Kier alpha value is -2.61. The van der Waals surface area contributed by atoms with E-state index in [1.54, 1.807) is 19.1 Å². The molecule has 0 bridgehead atoms. The van der Waals surface area contributed by atoms with Crippen molar-refractivity contribution in [1.29, 1.82) is 0 Å². The molecule has 1 fully saturated rings. The van der Waals surface area contributed by atoms with Crippen LogP contribution in [0, 0.1) is 0 Å². The van der Waals surface area contributed by atoms with E-state index in [0.717, 1.165) is 25.7 Å². The third-order valence-electron chi connectivity index (χ3n) is 4.41. The number of nitrogens with one attached hydrogen (secondary N) is 1. The van der Waals surface area contributed by atoms with Gasteiger partial charge in [-0.05, 0) is 25.0 Å². The lowest BCUT2D eigenvalue weighted by molar-refractivity contribution is 0.151. The van der Waals surface area contributed by atoms with Gasteiger partial charge in [-0.15, -0.1) is 0 Å². The molecule has 1 N–H and O–H groups in total. The largest absolute Gasteiger partial charge is 0.495 e. The van der Waals surface area contributed by atoms with Gasteiger partial charge >= 0.3 is 6.03 Å². The minimum Gasteiger partial charge on any atom is -0.495 e. The highest BCUT2D eigenvalue weighted by Gasteiger charge is 2.30. The molecule has 26 heavy (non-hydrogen) atoms. The summed E-state index contributed by atoms with van der Waals surface area (Å²) >= 11 is 0.